The largest absolute Gasteiger partial charge is 0.316 e. The van der Waals surface area contributed by atoms with Crippen molar-refractivity contribution in [2.45, 2.75) is 17.7 Å². The van der Waals surface area contributed by atoms with Crippen LogP contribution >= 0.6 is 28.3 Å². The smallest absolute Gasteiger partial charge is 0.242 e. The molecule has 1 aromatic rings. The lowest BCUT2D eigenvalue weighted by Crippen LogP contribution is -2.26. The maximum Gasteiger partial charge on any atom is 0.242 e. The average Bonchev–Trinajstić information content (AvgIpc) is 2.82. The van der Waals surface area contributed by atoms with Crippen molar-refractivity contribution >= 4 is 38.4 Å². The zero-order valence-corrected chi connectivity index (χ0v) is 13.5. The number of hydrogen-bond donors (Lipinski definition) is 2. The molecule has 0 spiro atoms. The predicted octanol–water partition coefficient (Wildman–Crippen LogP) is 1.54. The molecule has 2 N–H and O–H groups in total. The van der Waals surface area contributed by atoms with Gasteiger partial charge in [-0.2, -0.15) is 0 Å². The number of nitrogens with zero attached hydrogens (tertiary/aromatic N) is 1. The van der Waals surface area contributed by atoms with Crippen molar-refractivity contribution in [2.24, 2.45) is 5.92 Å². The molecule has 19 heavy (non-hydrogen) atoms. The lowest BCUT2D eigenvalue weighted by Gasteiger charge is -2.10. The SMILES string of the molecule is Cl.O=S(=O)(NCCC1CCNC1)c1cncc(Br)c1. The van der Waals surface area contributed by atoms with Gasteiger partial charge in [-0.05, 0) is 53.8 Å². The van der Waals surface area contributed by atoms with E-state index in [1.54, 1.807) is 12.3 Å². The van der Waals surface area contributed by atoms with Crippen molar-refractivity contribution in [1.82, 2.24) is 15.0 Å². The number of aromatic nitrogens is 1. The fourth-order valence-electron chi connectivity index (χ4n) is 1.98. The van der Waals surface area contributed by atoms with Crippen LogP contribution in [-0.2, 0) is 10.0 Å². The molecule has 0 saturated carbocycles. The van der Waals surface area contributed by atoms with Crippen LogP contribution in [0.15, 0.2) is 27.8 Å². The average molecular weight is 371 g/mol. The van der Waals surface area contributed by atoms with E-state index in [2.05, 4.69) is 31.0 Å². The first kappa shape index (κ1) is 16.8. The molecule has 0 aromatic carbocycles. The second kappa shape index (κ2) is 7.54. The number of nitrogens with one attached hydrogen (secondary N) is 2. The first-order valence-corrected chi connectivity index (χ1v) is 8.16. The predicted molar refractivity (Wildman–Crippen MR) is 80.0 cm³/mol. The van der Waals surface area contributed by atoms with Crippen LogP contribution in [-0.4, -0.2) is 33.0 Å². The zero-order chi connectivity index (χ0) is 13.0. The van der Waals surface area contributed by atoms with Gasteiger partial charge in [-0.25, -0.2) is 13.1 Å². The summed E-state index contributed by atoms with van der Waals surface area (Å²) < 4.78 is 27.2. The second-order valence-corrected chi connectivity index (χ2v) is 7.07. The fraction of sp³-hybridized carbons (Fsp3) is 0.545. The second-order valence-electron chi connectivity index (χ2n) is 4.38. The Balaban J connectivity index is 0.00000180. The highest BCUT2D eigenvalue weighted by Crippen LogP contribution is 2.15. The summed E-state index contributed by atoms with van der Waals surface area (Å²) in [6.45, 7) is 2.49. The van der Waals surface area contributed by atoms with Gasteiger partial charge in [0.1, 0.15) is 4.90 Å². The van der Waals surface area contributed by atoms with Gasteiger partial charge in [0.25, 0.3) is 0 Å². The van der Waals surface area contributed by atoms with Crippen LogP contribution < -0.4 is 10.0 Å². The first-order valence-electron chi connectivity index (χ1n) is 5.89. The standard InChI is InChI=1S/C11H16BrN3O2S.ClH/c12-10-5-11(8-14-7-10)18(16,17)15-4-2-9-1-3-13-6-9;/h5,7-9,13,15H,1-4,6H2;1H. The molecule has 1 saturated heterocycles. The number of rotatable bonds is 5. The molecule has 0 aliphatic carbocycles. The molecule has 5 nitrogen and oxygen atoms in total. The molecule has 1 fully saturated rings. The van der Waals surface area contributed by atoms with Gasteiger partial charge in [0.05, 0.1) is 0 Å². The van der Waals surface area contributed by atoms with E-state index in [0.717, 1.165) is 25.9 Å². The maximum absolute atomic E-state index is 12.0. The fourth-order valence-corrected chi connectivity index (χ4v) is 3.53. The van der Waals surface area contributed by atoms with Crippen LogP contribution in [0, 0.1) is 5.92 Å². The molecule has 1 aliphatic heterocycles. The van der Waals surface area contributed by atoms with Gasteiger partial charge < -0.3 is 5.32 Å². The van der Waals surface area contributed by atoms with Crippen molar-refractivity contribution in [3.05, 3.63) is 22.9 Å². The van der Waals surface area contributed by atoms with E-state index in [0.29, 0.717) is 16.9 Å². The van der Waals surface area contributed by atoms with Crippen molar-refractivity contribution in [1.29, 1.82) is 0 Å². The molecule has 1 aromatic heterocycles. The van der Waals surface area contributed by atoms with Gasteiger partial charge in [-0.1, -0.05) is 0 Å². The molecular formula is C11H17BrClN3O2S. The van der Waals surface area contributed by atoms with Crippen LogP contribution in [0.2, 0.25) is 0 Å². The highest BCUT2D eigenvalue weighted by molar-refractivity contribution is 9.10. The van der Waals surface area contributed by atoms with Crippen LogP contribution in [0.4, 0.5) is 0 Å². The minimum atomic E-state index is -3.44. The van der Waals surface area contributed by atoms with Crippen molar-refractivity contribution in [2.75, 3.05) is 19.6 Å². The van der Waals surface area contributed by atoms with Crippen LogP contribution in [0.3, 0.4) is 0 Å². The number of hydrogen-bond acceptors (Lipinski definition) is 4. The summed E-state index contributed by atoms with van der Waals surface area (Å²) >= 11 is 3.21. The highest BCUT2D eigenvalue weighted by atomic mass is 79.9. The summed E-state index contributed by atoms with van der Waals surface area (Å²) in [5, 5.41) is 3.27. The Morgan fingerprint density at radius 2 is 2.26 bits per heavy atom. The van der Waals surface area contributed by atoms with Crippen molar-refractivity contribution in [3.63, 3.8) is 0 Å². The molecule has 2 rings (SSSR count). The third-order valence-corrected chi connectivity index (χ3v) is 4.86. The van der Waals surface area contributed by atoms with Crippen molar-refractivity contribution in [3.8, 4) is 0 Å². The Labute approximate surface area is 128 Å². The number of halogens is 2. The molecule has 1 aliphatic rings. The number of sulfonamides is 1. The number of pyridine rings is 1. The Bertz CT molecular complexity index is 506. The van der Waals surface area contributed by atoms with E-state index < -0.39 is 10.0 Å². The van der Waals surface area contributed by atoms with Gasteiger partial charge in [0.2, 0.25) is 10.0 Å². The summed E-state index contributed by atoms with van der Waals surface area (Å²) in [5.74, 6) is 0.577. The van der Waals surface area contributed by atoms with Crippen LogP contribution in [0.25, 0.3) is 0 Å². The van der Waals surface area contributed by atoms with Gasteiger partial charge >= 0.3 is 0 Å². The molecule has 1 atom stereocenters. The van der Waals surface area contributed by atoms with Gasteiger partial charge in [-0.15, -0.1) is 12.4 Å². The van der Waals surface area contributed by atoms with E-state index in [4.69, 9.17) is 0 Å². The van der Waals surface area contributed by atoms with Crippen LogP contribution in [0.1, 0.15) is 12.8 Å². The quantitative estimate of drug-likeness (QED) is 0.825. The molecule has 2 heterocycles. The Kier molecular flexibility index (Phi) is 6.68. The Morgan fingerprint density at radius 1 is 1.47 bits per heavy atom. The summed E-state index contributed by atoms with van der Waals surface area (Å²) in [6.07, 6.45) is 4.90. The molecule has 108 valence electrons. The Morgan fingerprint density at radius 3 is 2.89 bits per heavy atom. The highest BCUT2D eigenvalue weighted by Gasteiger charge is 2.17. The summed E-state index contributed by atoms with van der Waals surface area (Å²) in [4.78, 5) is 4.06. The minimum Gasteiger partial charge on any atom is -0.316 e. The van der Waals surface area contributed by atoms with E-state index >= 15 is 0 Å². The summed E-state index contributed by atoms with van der Waals surface area (Å²) in [5.41, 5.74) is 0. The summed E-state index contributed by atoms with van der Waals surface area (Å²) in [7, 11) is -3.44. The van der Waals surface area contributed by atoms with E-state index in [9.17, 15) is 8.42 Å². The van der Waals surface area contributed by atoms with E-state index in [1.165, 1.54) is 6.20 Å². The minimum absolute atomic E-state index is 0. The molecule has 0 bridgehead atoms. The Hall–Kier alpha value is -0.210. The van der Waals surface area contributed by atoms with Gasteiger partial charge in [0.15, 0.2) is 0 Å². The lowest BCUT2D eigenvalue weighted by molar-refractivity contribution is 0.519. The van der Waals surface area contributed by atoms with E-state index in [-0.39, 0.29) is 17.3 Å². The molecule has 0 radical (unpaired) electrons. The third kappa shape index (κ3) is 5.00. The van der Waals surface area contributed by atoms with E-state index in [1.807, 2.05) is 0 Å². The topological polar surface area (TPSA) is 71.1 Å². The molecule has 1 unspecified atom stereocenters. The van der Waals surface area contributed by atoms with Gasteiger partial charge in [-0.3, -0.25) is 4.98 Å². The first-order chi connectivity index (χ1) is 8.58. The maximum atomic E-state index is 12.0. The van der Waals surface area contributed by atoms with Crippen molar-refractivity contribution < 1.29 is 8.42 Å². The molecular weight excluding hydrogens is 354 g/mol. The third-order valence-electron chi connectivity index (χ3n) is 3.00. The van der Waals surface area contributed by atoms with Crippen LogP contribution in [0.5, 0.6) is 0 Å². The summed E-state index contributed by atoms with van der Waals surface area (Å²) in [6, 6.07) is 1.55. The zero-order valence-electron chi connectivity index (χ0n) is 10.3. The van der Waals surface area contributed by atoms with Gasteiger partial charge in [0, 0.05) is 23.4 Å². The monoisotopic (exact) mass is 369 g/mol. The molecule has 0 amide bonds. The molecule has 8 heteroatoms. The lowest BCUT2D eigenvalue weighted by atomic mass is 10.1. The normalized spacial score (nSPS) is 19.1.